The third-order valence-corrected chi connectivity index (χ3v) is 7.07. The van der Waals surface area contributed by atoms with Crippen LogP contribution in [0.2, 0.25) is 10.0 Å². The van der Waals surface area contributed by atoms with Crippen molar-refractivity contribution in [2.45, 2.75) is 25.9 Å². The predicted molar refractivity (Wildman–Crippen MR) is 135 cm³/mol. The number of carbonyl (C=O) groups excluding carboxylic acids is 1. The number of thioether (sulfide) groups is 1. The second-order valence-corrected chi connectivity index (χ2v) is 9.28. The summed E-state index contributed by atoms with van der Waals surface area (Å²) in [6, 6.07) is 13.0. The van der Waals surface area contributed by atoms with Crippen LogP contribution in [0.5, 0.6) is 0 Å². The molecule has 2 heterocycles. The van der Waals surface area contributed by atoms with Crippen molar-refractivity contribution >= 4 is 57.6 Å². The quantitative estimate of drug-likeness (QED) is 0.280. The van der Waals surface area contributed by atoms with Crippen molar-refractivity contribution in [2.24, 2.45) is 0 Å². The number of fused-ring (bicyclic) bond motifs is 1. The molecule has 1 N–H and O–H groups in total. The van der Waals surface area contributed by atoms with Gasteiger partial charge in [-0.05, 0) is 61.7 Å². The van der Waals surface area contributed by atoms with Gasteiger partial charge >= 0.3 is 0 Å². The van der Waals surface area contributed by atoms with E-state index in [9.17, 15) is 9.59 Å². The Morgan fingerprint density at radius 3 is 2.61 bits per heavy atom. The maximum Gasteiger partial charge on any atom is 0.266 e. The highest BCUT2D eigenvalue weighted by Crippen LogP contribution is 2.29. The monoisotopic (exact) mass is 498 g/mol. The minimum atomic E-state index is -0.329. The van der Waals surface area contributed by atoms with E-state index in [1.54, 1.807) is 29.7 Å². The molecule has 0 atom stereocenters. The van der Waals surface area contributed by atoms with Crippen LogP contribution in [0.15, 0.2) is 58.6 Å². The van der Waals surface area contributed by atoms with Crippen LogP contribution in [0.4, 0.5) is 5.82 Å². The summed E-state index contributed by atoms with van der Waals surface area (Å²) in [4.78, 5) is 34.8. The number of carbonyl (C=O) groups is 1. The first-order chi connectivity index (χ1) is 15.8. The molecule has 0 aliphatic rings. The van der Waals surface area contributed by atoms with Crippen molar-refractivity contribution < 1.29 is 4.79 Å². The van der Waals surface area contributed by atoms with Crippen molar-refractivity contribution in [3.05, 3.63) is 85.8 Å². The van der Waals surface area contributed by atoms with Crippen LogP contribution in [0.25, 0.3) is 16.6 Å². The summed E-state index contributed by atoms with van der Waals surface area (Å²) in [6.45, 7) is 5.75. The molecule has 2 aromatic carbocycles. The van der Waals surface area contributed by atoms with Crippen molar-refractivity contribution in [1.82, 2.24) is 14.5 Å². The SMILES string of the molecule is Cc1ccc(-n2c(SCC(=O)Nc3ncc(Cl)c(C)c3Cl)nc3ccccc3c2=O)cc1C. The maximum atomic E-state index is 13.4. The number of aryl methyl sites for hydroxylation is 2. The van der Waals surface area contributed by atoms with Gasteiger partial charge in [0.25, 0.3) is 5.56 Å². The number of amides is 1. The molecular formula is C24H20Cl2N4O2S. The lowest BCUT2D eigenvalue weighted by atomic mass is 10.1. The maximum absolute atomic E-state index is 13.4. The summed E-state index contributed by atoms with van der Waals surface area (Å²) in [7, 11) is 0. The fourth-order valence-corrected chi connectivity index (χ4v) is 4.45. The van der Waals surface area contributed by atoms with E-state index < -0.39 is 0 Å². The molecule has 4 rings (SSSR count). The van der Waals surface area contributed by atoms with Gasteiger partial charge in [0, 0.05) is 6.20 Å². The van der Waals surface area contributed by atoms with E-state index in [1.807, 2.05) is 38.1 Å². The number of rotatable bonds is 5. The van der Waals surface area contributed by atoms with Crippen LogP contribution in [0.3, 0.4) is 0 Å². The van der Waals surface area contributed by atoms with Gasteiger partial charge in [0.1, 0.15) is 0 Å². The molecule has 2 aromatic heterocycles. The summed E-state index contributed by atoms with van der Waals surface area (Å²) in [6.07, 6.45) is 1.44. The highest BCUT2D eigenvalue weighted by atomic mass is 35.5. The molecule has 6 nitrogen and oxygen atoms in total. The van der Waals surface area contributed by atoms with E-state index in [4.69, 9.17) is 23.2 Å². The molecule has 0 fully saturated rings. The largest absolute Gasteiger partial charge is 0.309 e. The number of aromatic nitrogens is 3. The lowest BCUT2D eigenvalue weighted by molar-refractivity contribution is -0.113. The number of hydrogen-bond donors (Lipinski definition) is 1. The summed E-state index contributed by atoms with van der Waals surface area (Å²) in [5.74, 6) is -0.0812. The lowest BCUT2D eigenvalue weighted by Gasteiger charge is -2.14. The van der Waals surface area contributed by atoms with Crippen LogP contribution < -0.4 is 10.9 Å². The molecule has 0 saturated heterocycles. The molecule has 0 spiro atoms. The molecule has 0 aliphatic heterocycles. The number of para-hydroxylation sites is 1. The fourth-order valence-electron chi connectivity index (χ4n) is 3.24. The molecule has 168 valence electrons. The van der Waals surface area contributed by atoms with Crippen LogP contribution >= 0.6 is 35.0 Å². The second-order valence-electron chi connectivity index (χ2n) is 7.55. The number of anilines is 1. The van der Waals surface area contributed by atoms with Gasteiger partial charge in [0.2, 0.25) is 5.91 Å². The van der Waals surface area contributed by atoms with Gasteiger partial charge in [0.05, 0.1) is 32.4 Å². The fraction of sp³-hybridized carbons (Fsp3) is 0.167. The zero-order chi connectivity index (χ0) is 23.7. The van der Waals surface area contributed by atoms with Gasteiger partial charge in [-0.15, -0.1) is 0 Å². The van der Waals surface area contributed by atoms with Crippen molar-refractivity contribution in [2.75, 3.05) is 11.1 Å². The Bertz CT molecular complexity index is 1450. The van der Waals surface area contributed by atoms with Gasteiger partial charge in [-0.25, -0.2) is 9.97 Å². The number of halogens is 2. The third-order valence-electron chi connectivity index (χ3n) is 5.29. The summed E-state index contributed by atoms with van der Waals surface area (Å²) >= 11 is 13.4. The van der Waals surface area contributed by atoms with Gasteiger partial charge in [-0.3, -0.25) is 14.2 Å². The van der Waals surface area contributed by atoms with E-state index >= 15 is 0 Å². The Labute approximate surface area is 205 Å². The number of hydrogen-bond acceptors (Lipinski definition) is 5. The molecular weight excluding hydrogens is 479 g/mol. The molecule has 0 bridgehead atoms. The van der Waals surface area contributed by atoms with Crippen molar-refractivity contribution in [3.8, 4) is 5.69 Å². The topological polar surface area (TPSA) is 76.9 Å². The number of benzene rings is 2. The van der Waals surface area contributed by atoms with E-state index in [0.717, 1.165) is 22.9 Å². The molecule has 0 radical (unpaired) electrons. The smallest absolute Gasteiger partial charge is 0.266 e. The third kappa shape index (κ3) is 4.76. The van der Waals surface area contributed by atoms with Crippen LogP contribution in [0.1, 0.15) is 16.7 Å². The minimum Gasteiger partial charge on any atom is -0.309 e. The Balaban J connectivity index is 1.68. The second kappa shape index (κ2) is 9.55. The standard InChI is InChI=1S/C24H20Cl2N4O2S/c1-13-8-9-16(10-14(13)2)30-23(32)17-6-4-5-7-19(17)28-24(30)33-12-20(31)29-22-21(26)15(3)18(25)11-27-22/h4-11H,12H2,1-3H3,(H,27,29,31). The molecule has 33 heavy (non-hydrogen) atoms. The molecule has 0 unspecified atom stereocenters. The van der Waals surface area contributed by atoms with Crippen LogP contribution in [-0.2, 0) is 4.79 Å². The van der Waals surface area contributed by atoms with Gasteiger partial charge in [-0.1, -0.05) is 53.2 Å². The summed E-state index contributed by atoms with van der Waals surface area (Å²) < 4.78 is 1.55. The first kappa shape index (κ1) is 23.3. The first-order valence-electron chi connectivity index (χ1n) is 10.1. The van der Waals surface area contributed by atoms with E-state index in [2.05, 4.69) is 15.3 Å². The average Bonchev–Trinajstić information content (AvgIpc) is 2.80. The van der Waals surface area contributed by atoms with Crippen LogP contribution in [-0.4, -0.2) is 26.2 Å². The van der Waals surface area contributed by atoms with E-state index in [0.29, 0.717) is 32.3 Å². The zero-order valence-corrected chi connectivity index (χ0v) is 20.5. The highest BCUT2D eigenvalue weighted by molar-refractivity contribution is 7.99. The minimum absolute atomic E-state index is 0.00923. The predicted octanol–water partition coefficient (Wildman–Crippen LogP) is 5.74. The summed E-state index contributed by atoms with van der Waals surface area (Å²) in [5, 5.41) is 4.34. The van der Waals surface area contributed by atoms with Crippen molar-refractivity contribution in [1.29, 1.82) is 0 Å². The Morgan fingerprint density at radius 2 is 1.85 bits per heavy atom. The summed E-state index contributed by atoms with van der Waals surface area (Å²) in [5.41, 5.74) is 3.89. The number of pyridine rings is 1. The number of nitrogens with zero attached hydrogens (tertiary/aromatic N) is 3. The number of nitrogens with one attached hydrogen (secondary N) is 1. The Hall–Kier alpha value is -2.87. The van der Waals surface area contributed by atoms with Gasteiger partial charge in [-0.2, -0.15) is 0 Å². The first-order valence-corrected chi connectivity index (χ1v) is 11.8. The van der Waals surface area contributed by atoms with Gasteiger partial charge in [0.15, 0.2) is 11.0 Å². The molecule has 1 amide bonds. The normalized spacial score (nSPS) is 11.1. The molecule has 9 heteroatoms. The highest BCUT2D eigenvalue weighted by Gasteiger charge is 2.17. The zero-order valence-electron chi connectivity index (χ0n) is 18.1. The van der Waals surface area contributed by atoms with E-state index in [1.165, 1.54) is 6.20 Å². The van der Waals surface area contributed by atoms with Gasteiger partial charge < -0.3 is 5.32 Å². The molecule has 0 saturated carbocycles. The average molecular weight is 499 g/mol. The van der Waals surface area contributed by atoms with E-state index in [-0.39, 0.29) is 28.1 Å². The molecule has 4 aromatic rings. The van der Waals surface area contributed by atoms with Crippen molar-refractivity contribution in [3.63, 3.8) is 0 Å². The molecule has 0 aliphatic carbocycles. The Morgan fingerprint density at radius 1 is 1.09 bits per heavy atom. The lowest BCUT2D eigenvalue weighted by Crippen LogP contribution is -2.23. The Kier molecular flexibility index (Phi) is 6.74. The van der Waals surface area contributed by atoms with Crippen LogP contribution in [0, 0.1) is 20.8 Å².